The Morgan fingerprint density at radius 2 is 1.61 bits per heavy atom. The summed E-state index contributed by atoms with van der Waals surface area (Å²) in [6, 6.07) is 8.91. The van der Waals surface area contributed by atoms with E-state index in [1.807, 2.05) is 0 Å². The van der Waals surface area contributed by atoms with E-state index >= 15 is 0 Å². The number of carbonyl (C=O) groups excluding carboxylic acids is 2. The lowest BCUT2D eigenvalue weighted by molar-refractivity contribution is -0.137. The second-order valence-electron chi connectivity index (χ2n) is 6.89. The molecule has 0 bridgehead atoms. The average Bonchev–Trinajstić information content (AvgIpc) is 2.75. The third kappa shape index (κ3) is 6.92. The smallest absolute Gasteiger partial charge is 0.347 e. The van der Waals surface area contributed by atoms with Gasteiger partial charge in [-0.3, -0.25) is 9.59 Å². The SMILES string of the molecule is CCN(CC)S(=O)(=O)c1ccc(CCNC(=O)C(=O)Nc2ccc(Cl)c(C(F)(F)F)c2)cc1. The van der Waals surface area contributed by atoms with Crippen molar-refractivity contribution < 1.29 is 31.2 Å². The Kier molecular flexibility index (Phi) is 8.87. The number of hydrogen-bond acceptors (Lipinski definition) is 4. The fraction of sp³-hybridized carbons (Fsp3) is 0.333. The average molecular weight is 506 g/mol. The fourth-order valence-electron chi connectivity index (χ4n) is 2.95. The highest BCUT2D eigenvalue weighted by molar-refractivity contribution is 7.89. The van der Waals surface area contributed by atoms with E-state index in [-0.39, 0.29) is 17.1 Å². The van der Waals surface area contributed by atoms with Crippen molar-refractivity contribution >= 4 is 39.1 Å². The summed E-state index contributed by atoms with van der Waals surface area (Å²) < 4.78 is 65.0. The molecule has 0 fully saturated rings. The lowest BCUT2D eigenvalue weighted by atomic mass is 10.1. The van der Waals surface area contributed by atoms with E-state index in [0.29, 0.717) is 25.6 Å². The van der Waals surface area contributed by atoms with Gasteiger partial charge in [-0.2, -0.15) is 17.5 Å². The van der Waals surface area contributed by atoms with Crippen molar-refractivity contribution in [3.8, 4) is 0 Å². The highest BCUT2D eigenvalue weighted by Crippen LogP contribution is 2.36. The number of amides is 2. The molecular weight excluding hydrogens is 483 g/mol. The highest BCUT2D eigenvalue weighted by Gasteiger charge is 2.33. The number of anilines is 1. The molecule has 2 N–H and O–H groups in total. The van der Waals surface area contributed by atoms with E-state index in [1.54, 1.807) is 26.0 Å². The van der Waals surface area contributed by atoms with Crippen molar-refractivity contribution in [3.05, 3.63) is 58.6 Å². The summed E-state index contributed by atoms with van der Waals surface area (Å²) in [7, 11) is -3.58. The van der Waals surface area contributed by atoms with Crippen LogP contribution < -0.4 is 10.6 Å². The van der Waals surface area contributed by atoms with Crippen LogP contribution in [-0.2, 0) is 32.2 Å². The molecule has 2 amide bonds. The Bertz CT molecular complexity index is 1100. The van der Waals surface area contributed by atoms with Crippen LogP contribution in [0, 0.1) is 0 Å². The van der Waals surface area contributed by atoms with Gasteiger partial charge in [0.05, 0.1) is 15.5 Å². The number of nitrogens with zero attached hydrogens (tertiary/aromatic N) is 1. The zero-order chi connectivity index (χ0) is 24.8. The van der Waals surface area contributed by atoms with E-state index in [2.05, 4.69) is 10.6 Å². The number of nitrogens with one attached hydrogen (secondary N) is 2. The number of alkyl halides is 3. The van der Waals surface area contributed by atoms with Crippen molar-refractivity contribution in [2.75, 3.05) is 25.0 Å². The van der Waals surface area contributed by atoms with Gasteiger partial charge in [-0.15, -0.1) is 0 Å². The zero-order valence-corrected chi connectivity index (χ0v) is 19.4. The van der Waals surface area contributed by atoms with Gasteiger partial charge in [0, 0.05) is 25.3 Å². The molecule has 0 aliphatic heterocycles. The molecule has 0 radical (unpaired) electrons. The maximum absolute atomic E-state index is 12.9. The van der Waals surface area contributed by atoms with Crippen LogP contribution in [0.1, 0.15) is 25.0 Å². The van der Waals surface area contributed by atoms with Crippen LogP contribution in [0.3, 0.4) is 0 Å². The van der Waals surface area contributed by atoms with Gasteiger partial charge < -0.3 is 10.6 Å². The first-order valence-corrected chi connectivity index (χ1v) is 11.8. The zero-order valence-electron chi connectivity index (χ0n) is 17.9. The van der Waals surface area contributed by atoms with Crippen molar-refractivity contribution in [1.82, 2.24) is 9.62 Å². The van der Waals surface area contributed by atoms with Crippen LogP contribution in [0.15, 0.2) is 47.4 Å². The van der Waals surface area contributed by atoms with Crippen LogP contribution in [-0.4, -0.2) is 44.2 Å². The summed E-state index contributed by atoms with van der Waals surface area (Å²) in [5, 5.41) is 3.93. The molecule has 0 saturated carbocycles. The molecule has 180 valence electrons. The van der Waals surface area contributed by atoms with Crippen molar-refractivity contribution in [2.24, 2.45) is 0 Å². The first-order chi connectivity index (χ1) is 15.4. The van der Waals surface area contributed by atoms with E-state index < -0.39 is 38.6 Å². The summed E-state index contributed by atoms with van der Waals surface area (Å²) in [5.74, 6) is -2.16. The molecular formula is C21H23ClF3N3O4S. The van der Waals surface area contributed by atoms with Crippen molar-refractivity contribution in [3.63, 3.8) is 0 Å². The molecule has 0 aliphatic rings. The molecule has 0 unspecified atom stereocenters. The molecule has 2 aromatic carbocycles. The van der Waals surface area contributed by atoms with Crippen LogP contribution >= 0.6 is 11.6 Å². The maximum Gasteiger partial charge on any atom is 0.417 e. The predicted octanol–water partition coefficient (Wildman–Crippen LogP) is 3.69. The monoisotopic (exact) mass is 505 g/mol. The van der Waals surface area contributed by atoms with Gasteiger partial charge in [0.1, 0.15) is 0 Å². The van der Waals surface area contributed by atoms with Crippen LogP contribution in [0.5, 0.6) is 0 Å². The summed E-state index contributed by atoms with van der Waals surface area (Å²) in [6.07, 6.45) is -4.40. The molecule has 0 saturated heterocycles. The molecule has 0 heterocycles. The molecule has 0 atom stereocenters. The number of hydrogen-bond donors (Lipinski definition) is 2. The normalized spacial score (nSPS) is 12.0. The van der Waals surface area contributed by atoms with E-state index in [9.17, 15) is 31.2 Å². The second-order valence-corrected chi connectivity index (χ2v) is 9.23. The topological polar surface area (TPSA) is 95.6 Å². The van der Waals surface area contributed by atoms with Crippen molar-refractivity contribution in [1.29, 1.82) is 0 Å². The fourth-order valence-corrected chi connectivity index (χ4v) is 4.63. The van der Waals surface area contributed by atoms with Gasteiger partial charge in [0.25, 0.3) is 0 Å². The minimum atomic E-state index is -4.71. The van der Waals surface area contributed by atoms with Gasteiger partial charge in [0.2, 0.25) is 10.0 Å². The first kappa shape index (κ1) is 26.6. The summed E-state index contributed by atoms with van der Waals surface area (Å²) in [6.45, 7) is 4.25. The van der Waals surface area contributed by atoms with E-state index in [1.165, 1.54) is 16.4 Å². The predicted molar refractivity (Wildman–Crippen MR) is 118 cm³/mol. The highest BCUT2D eigenvalue weighted by atomic mass is 35.5. The number of rotatable bonds is 8. The Morgan fingerprint density at radius 3 is 2.15 bits per heavy atom. The quantitative estimate of drug-likeness (QED) is 0.535. The first-order valence-electron chi connectivity index (χ1n) is 9.95. The number of carbonyl (C=O) groups is 2. The lowest BCUT2D eigenvalue weighted by Gasteiger charge is -2.18. The van der Waals surface area contributed by atoms with Gasteiger partial charge in [-0.05, 0) is 42.3 Å². The summed E-state index contributed by atoms with van der Waals surface area (Å²) >= 11 is 5.52. The molecule has 0 spiro atoms. The third-order valence-electron chi connectivity index (χ3n) is 4.70. The summed E-state index contributed by atoms with van der Waals surface area (Å²) in [5.41, 5.74) is -0.632. The van der Waals surface area contributed by atoms with Crippen LogP contribution in [0.25, 0.3) is 0 Å². The van der Waals surface area contributed by atoms with Gasteiger partial charge in [0.15, 0.2) is 0 Å². The minimum Gasteiger partial charge on any atom is -0.347 e. The molecule has 7 nitrogen and oxygen atoms in total. The molecule has 0 aliphatic carbocycles. The number of benzene rings is 2. The van der Waals surface area contributed by atoms with Crippen LogP contribution in [0.4, 0.5) is 18.9 Å². The van der Waals surface area contributed by atoms with Gasteiger partial charge in [-0.25, -0.2) is 8.42 Å². The van der Waals surface area contributed by atoms with Gasteiger partial charge in [-0.1, -0.05) is 37.6 Å². The second kappa shape index (κ2) is 11.0. The minimum absolute atomic E-state index is 0.0583. The lowest BCUT2D eigenvalue weighted by Crippen LogP contribution is -2.36. The largest absolute Gasteiger partial charge is 0.417 e. The Labute approximate surface area is 195 Å². The molecule has 33 heavy (non-hydrogen) atoms. The Balaban J connectivity index is 1.92. The Hall–Kier alpha value is -2.63. The summed E-state index contributed by atoms with van der Waals surface area (Å²) in [4.78, 5) is 24.1. The number of sulfonamides is 1. The Morgan fingerprint density at radius 1 is 1.00 bits per heavy atom. The standard InChI is InChI=1S/C21H23ClF3N3O4S/c1-3-28(4-2)33(31,32)16-8-5-14(6-9-16)11-12-26-19(29)20(30)27-15-7-10-18(22)17(13-15)21(23,24)25/h5-10,13H,3-4,11-12H2,1-2H3,(H,26,29)(H,27,30). The van der Waals surface area contributed by atoms with Crippen molar-refractivity contribution in [2.45, 2.75) is 31.3 Å². The van der Waals surface area contributed by atoms with E-state index in [0.717, 1.165) is 17.7 Å². The third-order valence-corrected chi connectivity index (χ3v) is 7.10. The maximum atomic E-state index is 12.9. The van der Waals surface area contributed by atoms with Gasteiger partial charge >= 0.3 is 18.0 Å². The van der Waals surface area contributed by atoms with Crippen LogP contribution in [0.2, 0.25) is 5.02 Å². The van der Waals surface area contributed by atoms with E-state index in [4.69, 9.17) is 11.6 Å². The molecule has 2 aromatic rings. The molecule has 12 heteroatoms. The molecule has 0 aromatic heterocycles. The number of halogens is 4. The molecule has 2 rings (SSSR count).